The van der Waals surface area contributed by atoms with Gasteiger partial charge < -0.3 is 4.74 Å². The number of fused-ring (bicyclic) bond motifs is 1. The molecule has 3 nitrogen and oxygen atoms in total. The highest BCUT2D eigenvalue weighted by atomic mass is 19.1. The third kappa shape index (κ3) is 2.49. The third-order valence-corrected chi connectivity index (χ3v) is 2.85. The molecular formula is C16H10FNO2. The molecule has 0 saturated carbocycles. The first-order valence-electron chi connectivity index (χ1n) is 6.06. The molecule has 0 aliphatic carbocycles. The zero-order valence-electron chi connectivity index (χ0n) is 10.4. The van der Waals surface area contributed by atoms with Crippen molar-refractivity contribution in [1.29, 1.82) is 0 Å². The van der Waals surface area contributed by atoms with Gasteiger partial charge >= 0.3 is 5.97 Å². The van der Waals surface area contributed by atoms with E-state index in [9.17, 15) is 9.18 Å². The smallest absolute Gasteiger partial charge is 0.344 e. The molecule has 0 aliphatic heterocycles. The van der Waals surface area contributed by atoms with Crippen LogP contribution >= 0.6 is 0 Å². The van der Waals surface area contributed by atoms with E-state index < -0.39 is 11.8 Å². The lowest BCUT2D eigenvalue weighted by Gasteiger charge is -2.04. The van der Waals surface area contributed by atoms with E-state index >= 15 is 0 Å². The number of hydrogen-bond acceptors (Lipinski definition) is 3. The summed E-state index contributed by atoms with van der Waals surface area (Å²) >= 11 is 0. The fourth-order valence-corrected chi connectivity index (χ4v) is 1.84. The minimum Gasteiger partial charge on any atom is -0.404 e. The molecule has 1 aromatic heterocycles. The molecule has 0 saturated heterocycles. The predicted molar refractivity (Wildman–Crippen MR) is 73.1 cm³/mol. The Kier molecular flexibility index (Phi) is 3.13. The topological polar surface area (TPSA) is 39.2 Å². The van der Waals surface area contributed by atoms with Crippen LogP contribution in [-0.4, -0.2) is 11.0 Å². The number of halogens is 1. The molecule has 0 unspecified atom stereocenters. The number of ether oxygens (including phenoxy) is 1. The summed E-state index contributed by atoms with van der Waals surface area (Å²) in [5, 5.41) is 0.967. The van der Waals surface area contributed by atoms with Crippen LogP contribution in [0.4, 0.5) is 4.39 Å². The SMILES string of the molecule is O=C(Oc1ccc2ccccc2n1)c1ccc(F)cc1. The monoisotopic (exact) mass is 267 g/mol. The van der Waals surface area contributed by atoms with Gasteiger partial charge in [-0.25, -0.2) is 14.2 Å². The van der Waals surface area contributed by atoms with E-state index in [4.69, 9.17) is 4.74 Å². The lowest BCUT2D eigenvalue weighted by atomic mass is 10.2. The molecule has 0 amide bonds. The van der Waals surface area contributed by atoms with Crippen molar-refractivity contribution in [1.82, 2.24) is 4.98 Å². The minimum absolute atomic E-state index is 0.220. The Balaban J connectivity index is 1.85. The molecule has 0 bridgehead atoms. The summed E-state index contributed by atoms with van der Waals surface area (Å²) in [6, 6.07) is 16.2. The highest BCUT2D eigenvalue weighted by molar-refractivity contribution is 5.91. The number of carbonyl (C=O) groups is 1. The molecule has 4 heteroatoms. The average Bonchev–Trinajstić information content (AvgIpc) is 2.48. The van der Waals surface area contributed by atoms with Gasteiger partial charge in [0.1, 0.15) is 5.82 Å². The van der Waals surface area contributed by atoms with Gasteiger partial charge in [0.2, 0.25) is 5.88 Å². The van der Waals surface area contributed by atoms with Crippen molar-refractivity contribution in [3.63, 3.8) is 0 Å². The number of esters is 1. The van der Waals surface area contributed by atoms with E-state index in [1.54, 1.807) is 6.07 Å². The van der Waals surface area contributed by atoms with Crippen LogP contribution in [0, 0.1) is 5.82 Å². The molecule has 0 spiro atoms. The number of rotatable bonds is 2. The summed E-state index contributed by atoms with van der Waals surface area (Å²) in [7, 11) is 0. The van der Waals surface area contributed by atoms with E-state index in [2.05, 4.69) is 4.98 Å². The molecule has 2 aromatic carbocycles. The van der Waals surface area contributed by atoms with Crippen molar-refractivity contribution in [2.24, 2.45) is 0 Å². The Morgan fingerprint density at radius 2 is 1.70 bits per heavy atom. The first kappa shape index (κ1) is 12.3. The highest BCUT2D eigenvalue weighted by Crippen LogP contribution is 2.17. The number of para-hydroxylation sites is 1. The summed E-state index contributed by atoms with van der Waals surface area (Å²) in [5.41, 5.74) is 1.03. The standard InChI is InChI=1S/C16H10FNO2/c17-13-8-5-12(6-9-13)16(19)20-15-10-7-11-3-1-2-4-14(11)18-15/h1-10H. The zero-order chi connectivity index (χ0) is 13.9. The van der Waals surface area contributed by atoms with E-state index in [0.717, 1.165) is 10.9 Å². The summed E-state index contributed by atoms with van der Waals surface area (Å²) in [4.78, 5) is 16.1. The van der Waals surface area contributed by atoms with Crippen LogP contribution in [0.15, 0.2) is 60.7 Å². The van der Waals surface area contributed by atoms with Crippen molar-refractivity contribution >= 4 is 16.9 Å². The Morgan fingerprint density at radius 3 is 2.50 bits per heavy atom. The summed E-state index contributed by atoms with van der Waals surface area (Å²) in [6.07, 6.45) is 0. The quantitative estimate of drug-likeness (QED) is 0.666. The largest absolute Gasteiger partial charge is 0.404 e. The average molecular weight is 267 g/mol. The Bertz CT molecular complexity index is 769. The van der Waals surface area contributed by atoms with Crippen LogP contribution < -0.4 is 4.74 Å². The first-order valence-corrected chi connectivity index (χ1v) is 6.06. The second-order valence-corrected chi connectivity index (χ2v) is 4.24. The van der Waals surface area contributed by atoms with Gasteiger partial charge in [0.05, 0.1) is 11.1 Å². The molecule has 0 N–H and O–H groups in total. The van der Waals surface area contributed by atoms with E-state index in [0.29, 0.717) is 0 Å². The molecule has 3 rings (SSSR count). The molecule has 0 atom stereocenters. The maximum Gasteiger partial charge on any atom is 0.344 e. The fourth-order valence-electron chi connectivity index (χ4n) is 1.84. The van der Waals surface area contributed by atoms with Gasteiger partial charge in [-0.15, -0.1) is 0 Å². The molecule has 0 radical (unpaired) electrons. The predicted octanol–water partition coefficient (Wildman–Crippen LogP) is 3.59. The normalized spacial score (nSPS) is 10.4. The molecule has 1 heterocycles. The number of hydrogen-bond donors (Lipinski definition) is 0. The van der Waals surface area contributed by atoms with Gasteiger partial charge in [0.15, 0.2) is 0 Å². The van der Waals surface area contributed by atoms with E-state index in [1.165, 1.54) is 24.3 Å². The van der Waals surface area contributed by atoms with Gasteiger partial charge in [-0.1, -0.05) is 18.2 Å². The van der Waals surface area contributed by atoms with Crippen molar-refractivity contribution in [3.8, 4) is 5.88 Å². The second-order valence-electron chi connectivity index (χ2n) is 4.24. The zero-order valence-corrected chi connectivity index (χ0v) is 10.4. The van der Waals surface area contributed by atoms with Crippen molar-refractivity contribution in [3.05, 3.63) is 72.0 Å². The van der Waals surface area contributed by atoms with Crippen LogP contribution in [0.1, 0.15) is 10.4 Å². The van der Waals surface area contributed by atoms with Gasteiger partial charge in [-0.05, 0) is 36.4 Å². The maximum absolute atomic E-state index is 12.8. The number of benzene rings is 2. The van der Waals surface area contributed by atoms with Crippen LogP contribution in [0.5, 0.6) is 5.88 Å². The summed E-state index contributed by atoms with van der Waals surface area (Å²) in [5.74, 6) is -0.740. The van der Waals surface area contributed by atoms with Crippen LogP contribution in [-0.2, 0) is 0 Å². The molecular weight excluding hydrogens is 257 g/mol. The van der Waals surface area contributed by atoms with Crippen molar-refractivity contribution in [2.45, 2.75) is 0 Å². The Labute approximate surface area is 114 Å². The van der Waals surface area contributed by atoms with Gasteiger partial charge in [-0.3, -0.25) is 0 Å². The van der Waals surface area contributed by atoms with Crippen LogP contribution in [0.2, 0.25) is 0 Å². The first-order chi connectivity index (χ1) is 9.72. The number of pyridine rings is 1. The van der Waals surface area contributed by atoms with Gasteiger partial charge in [0.25, 0.3) is 0 Å². The fraction of sp³-hybridized carbons (Fsp3) is 0. The summed E-state index contributed by atoms with van der Waals surface area (Å²) < 4.78 is 18.0. The lowest BCUT2D eigenvalue weighted by Crippen LogP contribution is -2.09. The van der Waals surface area contributed by atoms with E-state index in [-0.39, 0.29) is 11.4 Å². The molecule has 20 heavy (non-hydrogen) atoms. The van der Waals surface area contributed by atoms with Crippen molar-refractivity contribution in [2.75, 3.05) is 0 Å². The number of nitrogens with zero attached hydrogens (tertiary/aromatic N) is 1. The third-order valence-electron chi connectivity index (χ3n) is 2.85. The molecule has 3 aromatic rings. The molecule has 98 valence electrons. The lowest BCUT2D eigenvalue weighted by molar-refractivity contribution is 0.0728. The second kappa shape index (κ2) is 5.09. The molecule has 0 aliphatic rings. The van der Waals surface area contributed by atoms with Crippen LogP contribution in [0.25, 0.3) is 10.9 Å². The molecule has 0 fully saturated rings. The van der Waals surface area contributed by atoms with Crippen molar-refractivity contribution < 1.29 is 13.9 Å². The van der Waals surface area contributed by atoms with Gasteiger partial charge in [0, 0.05) is 11.5 Å². The highest BCUT2D eigenvalue weighted by Gasteiger charge is 2.09. The van der Waals surface area contributed by atoms with Crippen LogP contribution in [0.3, 0.4) is 0 Å². The van der Waals surface area contributed by atoms with Gasteiger partial charge in [-0.2, -0.15) is 0 Å². The number of aromatic nitrogens is 1. The number of carbonyl (C=O) groups excluding carboxylic acids is 1. The minimum atomic E-state index is -0.562. The van der Waals surface area contributed by atoms with E-state index in [1.807, 2.05) is 30.3 Å². The maximum atomic E-state index is 12.8. The Morgan fingerprint density at radius 1 is 0.950 bits per heavy atom. The summed E-state index contributed by atoms with van der Waals surface area (Å²) in [6.45, 7) is 0. The Hall–Kier alpha value is -2.75.